The minimum absolute atomic E-state index is 0. The van der Waals surface area contributed by atoms with Gasteiger partial charge < -0.3 is 0 Å². The summed E-state index contributed by atoms with van der Waals surface area (Å²) >= 11 is 0. The van der Waals surface area contributed by atoms with E-state index >= 15 is 0 Å². The van der Waals surface area contributed by atoms with E-state index in [9.17, 15) is 0 Å². The molecular weight excluding hydrogens is 180 g/mol. The molecule has 1 aliphatic rings. The first kappa shape index (κ1) is 18.5. The van der Waals surface area contributed by atoms with Crippen LogP contribution in [0.15, 0.2) is 0 Å². The second kappa shape index (κ2) is 17.7. The van der Waals surface area contributed by atoms with E-state index in [2.05, 4.69) is 6.92 Å². The van der Waals surface area contributed by atoms with Crippen LogP contribution in [0.4, 0.5) is 0 Å². The van der Waals surface area contributed by atoms with Crippen molar-refractivity contribution >= 4 is 12.2 Å². The van der Waals surface area contributed by atoms with Gasteiger partial charge in [0.05, 0.1) is 0 Å². The summed E-state index contributed by atoms with van der Waals surface area (Å²) in [5, 5.41) is 10.8. The molecule has 0 amide bonds. The van der Waals surface area contributed by atoms with E-state index < -0.39 is 0 Å². The van der Waals surface area contributed by atoms with Crippen LogP contribution in [-0.2, 0) is 9.59 Å². The molecule has 14 heavy (non-hydrogen) atoms. The summed E-state index contributed by atoms with van der Waals surface area (Å²) in [5.41, 5.74) is 0. The Bertz CT molecular complexity index is 151. The van der Waals surface area contributed by atoms with Gasteiger partial charge in [-0.25, -0.2) is 20.4 Å². The van der Waals surface area contributed by atoms with E-state index in [0.29, 0.717) is 0 Å². The van der Waals surface area contributed by atoms with Crippen molar-refractivity contribution in [1.29, 1.82) is 10.8 Å². The van der Waals surface area contributed by atoms with E-state index in [1.54, 1.807) is 0 Å². The molecule has 1 rings (SSSR count). The van der Waals surface area contributed by atoms with Gasteiger partial charge in [0.15, 0.2) is 0 Å². The summed E-state index contributed by atoms with van der Waals surface area (Å²) in [4.78, 5) is 16.7. The van der Waals surface area contributed by atoms with E-state index in [0.717, 1.165) is 18.1 Å². The van der Waals surface area contributed by atoms with Crippen LogP contribution >= 0.6 is 0 Å². The largest absolute Gasteiger partial charge is 0.231 e. The molecular formula is C10H20N2O2. The lowest BCUT2D eigenvalue weighted by atomic mass is 9.91. The van der Waals surface area contributed by atoms with Gasteiger partial charge in [0, 0.05) is 0 Å². The third-order valence-corrected chi connectivity index (χ3v) is 1.89. The molecule has 82 valence electrons. The van der Waals surface area contributed by atoms with Gasteiger partial charge >= 0.3 is 0 Å². The van der Waals surface area contributed by atoms with Crippen molar-refractivity contribution in [3.05, 3.63) is 0 Å². The van der Waals surface area contributed by atoms with Crippen LogP contribution in [0.3, 0.4) is 0 Å². The van der Waals surface area contributed by atoms with E-state index in [4.69, 9.17) is 20.4 Å². The van der Waals surface area contributed by atoms with Gasteiger partial charge in [-0.2, -0.15) is 0 Å². The molecule has 0 aromatic carbocycles. The maximum Gasteiger partial charge on any atom is 0.231 e. The second-order valence-corrected chi connectivity index (χ2v) is 2.95. The van der Waals surface area contributed by atoms with Crippen molar-refractivity contribution in [3.63, 3.8) is 0 Å². The molecule has 0 saturated heterocycles. The fourth-order valence-corrected chi connectivity index (χ4v) is 1.31. The number of rotatable bonds is 0. The Labute approximate surface area is 85.7 Å². The standard InChI is InChI=1S/C7H14.2CHNO.CH4/c1-7-5-3-2-4-6-7;2*2-1-3;/h7H,2-6H2,1H3;2*2H;1H4. The predicted octanol–water partition coefficient (Wildman–Crippen LogP) is 3.02. The average Bonchev–Trinajstić information content (AvgIpc) is 2.08. The molecule has 0 spiro atoms. The molecule has 4 nitrogen and oxygen atoms in total. The van der Waals surface area contributed by atoms with E-state index in [1.807, 2.05) is 0 Å². The Morgan fingerprint density at radius 1 is 1.00 bits per heavy atom. The zero-order chi connectivity index (χ0) is 10.5. The number of carbonyl (C=O) groups excluding carboxylic acids is 2. The van der Waals surface area contributed by atoms with Gasteiger partial charge in [-0.1, -0.05) is 46.5 Å². The van der Waals surface area contributed by atoms with Gasteiger partial charge in [0.25, 0.3) is 0 Å². The first-order chi connectivity index (χ1) is 6.22. The molecule has 2 N–H and O–H groups in total. The third kappa shape index (κ3) is 22.4. The molecule has 0 unspecified atom stereocenters. The summed E-state index contributed by atoms with van der Waals surface area (Å²) in [6.07, 6.45) is 8.94. The molecule has 0 atom stereocenters. The van der Waals surface area contributed by atoms with E-state index in [-0.39, 0.29) is 7.43 Å². The number of hydrogen-bond donors (Lipinski definition) is 2. The summed E-state index contributed by atoms with van der Waals surface area (Å²) in [6.45, 7) is 2.36. The fraction of sp³-hybridized carbons (Fsp3) is 0.800. The highest BCUT2D eigenvalue weighted by Crippen LogP contribution is 2.21. The SMILES string of the molecule is C.CC1CCCCC1.N=C=O.N=C=O. The van der Waals surface area contributed by atoms with Crippen LogP contribution in [0.25, 0.3) is 0 Å². The lowest BCUT2D eigenvalue weighted by Crippen LogP contribution is -1.99. The monoisotopic (exact) mass is 200 g/mol. The third-order valence-electron chi connectivity index (χ3n) is 1.89. The van der Waals surface area contributed by atoms with Crippen LogP contribution in [0.1, 0.15) is 46.5 Å². The maximum atomic E-state index is 8.35. The summed E-state index contributed by atoms with van der Waals surface area (Å²) < 4.78 is 0. The first-order valence-corrected chi connectivity index (χ1v) is 4.30. The topological polar surface area (TPSA) is 81.8 Å². The Morgan fingerprint density at radius 2 is 1.29 bits per heavy atom. The molecule has 4 heteroatoms. The highest BCUT2D eigenvalue weighted by Gasteiger charge is 2.05. The molecule has 0 aromatic heterocycles. The zero-order valence-corrected chi connectivity index (χ0v) is 7.93. The smallest absolute Gasteiger partial charge is 0.222 e. The van der Waals surface area contributed by atoms with Crippen LogP contribution in [-0.4, -0.2) is 12.2 Å². The molecule has 0 aliphatic heterocycles. The van der Waals surface area contributed by atoms with Crippen LogP contribution in [0.5, 0.6) is 0 Å². The minimum atomic E-state index is 0. The van der Waals surface area contributed by atoms with Crippen molar-refractivity contribution in [3.8, 4) is 0 Å². The molecule has 0 aromatic rings. The van der Waals surface area contributed by atoms with Crippen molar-refractivity contribution in [2.24, 2.45) is 5.92 Å². The highest BCUT2D eigenvalue weighted by atomic mass is 16.1. The number of nitrogens with one attached hydrogen (secondary N) is 2. The normalized spacial score (nSPS) is 13.8. The fourth-order valence-electron chi connectivity index (χ4n) is 1.31. The van der Waals surface area contributed by atoms with Gasteiger partial charge in [0.1, 0.15) is 0 Å². The van der Waals surface area contributed by atoms with Crippen LogP contribution < -0.4 is 0 Å². The maximum absolute atomic E-state index is 8.35. The Hall–Kier alpha value is -1.24. The quantitative estimate of drug-likeness (QED) is 0.465. The summed E-state index contributed by atoms with van der Waals surface area (Å²) in [6, 6.07) is 0. The van der Waals surface area contributed by atoms with Gasteiger partial charge in [-0.3, -0.25) is 0 Å². The molecule has 1 saturated carbocycles. The van der Waals surface area contributed by atoms with Crippen molar-refractivity contribution in [2.75, 3.05) is 0 Å². The van der Waals surface area contributed by atoms with Crippen LogP contribution in [0, 0.1) is 16.7 Å². The second-order valence-electron chi connectivity index (χ2n) is 2.95. The molecule has 1 fully saturated rings. The average molecular weight is 200 g/mol. The Balaban J connectivity index is -0.000000150. The minimum Gasteiger partial charge on any atom is -0.222 e. The lowest BCUT2D eigenvalue weighted by molar-refractivity contribution is 0.385. The Kier molecular flexibility index (Phi) is 23.5. The van der Waals surface area contributed by atoms with Crippen LogP contribution in [0.2, 0.25) is 0 Å². The lowest BCUT2D eigenvalue weighted by Gasteiger charge is -2.15. The van der Waals surface area contributed by atoms with Crippen molar-refractivity contribution in [2.45, 2.75) is 46.5 Å². The van der Waals surface area contributed by atoms with Crippen molar-refractivity contribution < 1.29 is 9.59 Å². The van der Waals surface area contributed by atoms with Gasteiger partial charge in [0.2, 0.25) is 12.2 Å². The van der Waals surface area contributed by atoms with Gasteiger partial charge in [-0.05, 0) is 5.92 Å². The van der Waals surface area contributed by atoms with Crippen molar-refractivity contribution in [1.82, 2.24) is 0 Å². The summed E-state index contributed by atoms with van der Waals surface area (Å²) in [7, 11) is 0. The molecule has 0 heterocycles. The van der Waals surface area contributed by atoms with Gasteiger partial charge in [-0.15, -0.1) is 0 Å². The summed E-state index contributed by atoms with van der Waals surface area (Å²) in [5.74, 6) is 1.04. The number of hydrogen-bond acceptors (Lipinski definition) is 4. The predicted molar refractivity (Wildman–Crippen MR) is 55.8 cm³/mol. The van der Waals surface area contributed by atoms with E-state index in [1.165, 1.54) is 32.1 Å². The molecule has 1 aliphatic carbocycles. The highest BCUT2D eigenvalue weighted by molar-refractivity contribution is 5.26. The Morgan fingerprint density at radius 3 is 1.43 bits per heavy atom. The molecule has 0 bridgehead atoms. The number of isocyanates is 2. The zero-order valence-electron chi connectivity index (χ0n) is 7.93. The first-order valence-electron chi connectivity index (χ1n) is 4.30. The molecule has 0 radical (unpaired) electrons.